The molecule has 3 N–H and O–H groups in total. The van der Waals surface area contributed by atoms with Crippen molar-refractivity contribution in [3.63, 3.8) is 0 Å². The van der Waals surface area contributed by atoms with Gasteiger partial charge in [0, 0.05) is 47.6 Å². The third kappa shape index (κ3) is 8.06. The second kappa shape index (κ2) is 14.6. The average molecular weight is 815 g/mol. The van der Waals surface area contributed by atoms with Gasteiger partial charge in [0.2, 0.25) is 21.8 Å². The lowest BCUT2D eigenvalue weighted by Gasteiger charge is -2.33. The number of hydrogen-bond donors (Lipinski definition) is 3. The molecule has 55 heavy (non-hydrogen) atoms. The highest BCUT2D eigenvalue weighted by Crippen LogP contribution is 2.48. The number of aryl methyl sites for hydroxylation is 1. The van der Waals surface area contributed by atoms with Crippen LogP contribution in [0.25, 0.3) is 9.88 Å². The fourth-order valence-corrected chi connectivity index (χ4v) is 11.0. The second-order valence-electron chi connectivity index (χ2n) is 16.9. The maximum absolute atomic E-state index is 14.7. The highest BCUT2D eigenvalue weighted by molar-refractivity contribution is 7.91. The number of amides is 5. The fourth-order valence-electron chi connectivity index (χ4n) is 7.98. The Hall–Kier alpha value is -3.83. The van der Waals surface area contributed by atoms with Gasteiger partial charge in [0.05, 0.1) is 9.62 Å². The summed E-state index contributed by atoms with van der Waals surface area (Å²) in [6.45, 7) is 9.38. The quantitative estimate of drug-likeness (QED) is 0.357. The Morgan fingerprint density at radius 3 is 2.53 bits per heavy atom. The maximum atomic E-state index is 14.7. The fraction of sp³-hybridized carbons (Fsp3) is 0.632. The number of aromatic nitrogens is 1. The Balaban J connectivity index is 1.17. The number of alkyl carbamates (subject to hydrolysis) is 1. The van der Waals surface area contributed by atoms with Gasteiger partial charge in [0.15, 0.2) is 0 Å². The number of allylic oxidation sites excluding steroid dienone is 1. The molecule has 0 spiro atoms. The monoisotopic (exact) mass is 814 g/mol. The zero-order valence-electron chi connectivity index (χ0n) is 31.9. The molecule has 2 aromatic heterocycles. The molecule has 2 saturated carbocycles. The van der Waals surface area contributed by atoms with Crippen molar-refractivity contribution in [3.05, 3.63) is 40.2 Å². The molecule has 17 heteroatoms. The molecular formula is C38H50N6O8S3. The number of thiophene rings is 1. The van der Waals surface area contributed by atoms with Crippen LogP contribution >= 0.6 is 22.7 Å². The van der Waals surface area contributed by atoms with Crippen LogP contribution in [0, 0.1) is 24.7 Å². The SMILES string of the molecule is Cc1ccc(-c2nc(C(=O)N3C[C@H]4CN5C(=O)[C@@H](NC(=O)OC(C)(C)C)CCCCC/C=C\[C@@H]6C[C@]6(C(=O)NS(=O)(=O)C6(C)CC6)NC(=O)[C@@H]5[C@H]4C3)cs2)s1. The van der Waals surface area contributed by atoms with Crippen LogP contribution in [0.1, 0.15) is 94.4 Å². The van der Waals surface area contributed by atoms with Crippen molar-refractivity contribution in [3.8, 4) is 9.88 Å². The first kappa shape index (κ1) is 39.4. The lowest BCUT2D eigenvalue weighted by atomic mass is 9.93. The summed E-state index contributed by atoms with van der Waals surface area (Å²) < 4.78 is 33.1. The van der Waals surface area contributed by atoms with Gasteiger partial charge in [-0.15, -0.1) is 22.7 Å². The lowest BCUT2D eigenvalue weighted by Crippen LogP contribution is -2.60. The van der Waals surface area contributed by atoms with E-state index in [1.165, 1.54) is 16.2 Å². The van der Waals surface area contributed by atoms with Gasteiger partial charge in [-0.1, -0.05) is 25.0 Å². The van der Waals surface area contributed by atoms with E-state index in [0.717, 1.165) is 27.6 Å². The molecule has 6 atom stereocenters. The molecule has 4 fully saturated rings. The van der Waals surface area contributed by atoms with Crippen LogP contribution in [0.4, 0.5) is 4.79 Å². The van der Waals surface area contributed by atoms with Crippen molar-refractivity contribution in [1.29, 1.82) is 0 Å². The average Bonchev–Trinajstić information content (AvgIpc) is 3.63. The van der Waals surface area contributed by atoms with Gasteiger partial charge in [0.25, 0.3) is 11.8 Å². The number of carbonyl (C=O) groups excluding carboxylic acids is 5. The highest BCUT2D eigenvalue weighted by atomic mass is 32.2. The van der Waals surface area contributed by atoms with Gasteiger partial charge in [-0.25, -0.2) is 18.2 Å². The first-order valence-corrected chi connectivity index (χ1v) is 22.2. The van der Waals surface area contributed by atoms with E-state index < -0.39 is 73.6 Å². The predicted octanol–water partition coefficient (Wildman–Crippen LogP) is 4.37. The van der Waals surface area contributed by atoms with E-state index in [1.54, 1.807) is 49.3 Å². The third-order valence-corrected chi connectivity index (χ3v) is 15.7. The van der Waals surface area contributed by atoms with E-state index in [9.17, 15) is 32.4 Å². The summed E-state index contributed by atoms with van der Waals surface area (Å²) in [5, 5.41) is 8.18. The Labute approximate surface area is 329 Å². The minimum atomic E-state index is -4.00. The van der Waals surface area contributed by atoms with E-state index in [4.69, 9.17) is 4.74 Å². The van der Waals surface area contributed by atoms with Crippen molar-refractivity contribution < 1.29 is 37.1 Å². The summed E-state index contributed by atoms with van der Waals surface area (Å²) in [6.07, 6.45) is 7.35. The summed E-state index contributed by atoms with van der Waals surface area (Å²) in [4.78, 5) is 79.9. The molecule has 2 aromatic rings. The Morgan fingerprint density at radius 2 is 1.84 bits per heavy atom. The third-order valence-electron chi connectivity index (χ3n) is 11.5. The molecule has 2 saturated heterocycles. The summed E-state index contributed by atoms with van der Waals surface area (Å²) in [5.74, 6) is -3.34. The van der Waals surface area contributed by atoms with Crippen LogP contribution in [0.5, 0.6) is 0 Å². The first-order chi connectivity index (χ1) is 25.9. The smallest absolute Gasteiger partial charge is 0.408 e. The summed E-state index contributed by atoms with van der Waals surface area (Å²) in [5.41, 5.74) is -2.03. The number of carbonyl (C=O) groups is 5. The van der Waals surface area contributed by atoms with Crippen LogP contribution in [-0.4, -0.2) is 101 Å². The molecule has 2 aliphatic carbocycles. The van der Waals surface area contributed by atoms with Gasteiger partial charge >= 0.3 is 6.09 Å². The number of likely N-dealkylation sites (tertiary alicyclic amines) is 1. The van der Waals surface area contributed by atoms with Gasteiger partial charge < -0.3 is 25.2 Å². The van der Waals surface area contributed by atoms with Crippen LogP contribution in [0.15, 0.2) is 29.7 Å². The van der Waals surface area contributed by atoms with Crippen LogP contribution < -0.4 is 15.4 Å². The highest BCUT2D eigenvalue weighted by Gasteiger charge is 2.64. The van der Waals surface area contributed by atoms with Crippen LogP contribution in [0.2, 0.25) is 0 Å². The number of thiazole rings is 1. The molecule has 5 aliphatic rings. The number of fused-ring (bicyclic) bond motifs is 4. The van der Waals surface area contributed by atoms with E-state index in [0.29, 0.717) is 37.8 Å². The molecule has 14 nitrogen and oxygen atoms in total. The zero-order valence-corrected chi connectivity index (χ0v) is 34.3. The molecule has 298 valence electrons. The van der Waals surface area contributed by atoms with Crippen molar-refractivity contribution >= 4 is 62.4 Å². The largest absolute Gasteiger partial charge is 0.444 e. The maximum Gasteiger partial charge on any atom is 0.408 e. The molecule has 0 radical (unpaired) electrons. The van der Waals surface area contributed by atoms with Crippen molar-refractivity contribution in [1.82, 2.24) is 30.1 Å². The van der Waals surface area contributed by atoms with Crippen LogP contribution in [0.3, 0.4) is 0 Å². The van der Waals surface area contributed by atoms with Gasteiger partial charge in [-0.2, -0.15) is 0 Å². The van der Waals surface area contributed by atoms with E-state index >= 15 is 0 Å². The molecule has 0 aromatic carbocycles. The number of nitrogens with zero attached hydrogens (tertiary/aromatic N) is 3. The molecule has 0 bridgehead atoms. The summed E-state index contributed by atoms with van der Waals surface area (Å²) >= 11 is 2.99. The van der Waals surface area contributed by atoms with Crippen molar-refractivity contribution in [2.24, 2.45) is 17.8 Å². The molecule has 0 unspecified atom stereocenters. The standard InChI is InChI=1S/C38H50N6O8S3/c1-22-13-14-28(54-22)31-39-27(21-53-31)32(46)43-18-23-19-44-29(25(23)20-43)30(45)41-38(34(48)42-55(50,51)37(5)15-16-37)17-24(38)11-9-7-6-8-10-12-26(33(44)47)40-35(49)52-36(2,3)4/h9,11,13-14,21,23-26,29H,6-8,10,12,15-20H2,1-5H3,(H,40,49)(H,41,45)(H,42,48)/b11-9-/t23-,24+,25-,26-,29-,38-/m0/s1. The predicted molar refractivity (Wildman–Crippen MR) is 208 cm³/mol. The molecule has 5 heterocycles. The lowest BCUT2D eigenvalue weighted by molar-refractivity contribution is -0.142. The normalized spacial score (nSPS) is 29.8. The van der Waals surface area contributed by atoms with Crippen LogP contribution in [-0.2, 0) is 29.1 Å². The number of hydrogen-bond acceptors (Lipinski definition) is 11. The second-order valence-corrected chi connectivity index (χ2v) is 21.3. The molecule has 7 rings (SSSR count). The number of nitrogens with one attached hydrogen (secondary N) is 3. The van der Waals surface area contributed by atoms with E-state index in [2.05, 4.69) is 20.3 Å². The minimum absolute atomic E-state index is 0.143. The molecule has 3 aliphatic heterocycles. The number of rotatable bonds is 6. The summed E-state index contributed by atoms with van der Waals surface area (Å²) in [6, 6.07) is 1.90. The van der Waals surface area contributed by atoms with E-state index in [-0.39, 0.29) is 37.9 Å². The number of sulfonamides is 1. The molecular weight excluding hydrogens is 765 g/mol. The van der Waals surface area contributed by atoms with E-state index in [1.807, 2.05) is 31.2 Å². The van der Waals surface area contributed by atoms with Gasteiger partial charge in [0.1, 0.15) is 33.9 Å². The Kier molecular flexibility index (Phi) is 10.5. The van der Waals surface area contributed by atoms with Crippen molar-refractivity contribution in [2.75, 3.05) is 19.6 Å². The van der Waals surface area contributed by atoms with Crippen molar-refractivity contribution in [2.45, 2.75) is 114 Å². The Morgan fingerprint density at radius 1 is 1.07 bits per heavy atom. The summed E-state index contributed by atoms with van der Waals surface area (Å²) in [7, 11) is -4.00. The first-order valence-electron chi connectivity index (χ1n) is 19.1. The number of ether oxygens (including phenoxy) is 1. The minimum Gasteiger partial charge on any atom is -0.444 e. The topological polar surface area (TPSA) is 184 Å². The Bertz CT molecular complexity index is 2020. The molecule has 5 amide bonds. The van der Waals surface area contributed by atoms with Gasteiger partial charge in [-0.3, -0.25) is 23.9 Å². The van der Waals surface area contributed by atoms with Gasteiger partial charge in [-0.05, 0) is 85.3 Å². The zero-order chi connectivity index (χ0) is 39.5.